The van der Waals surface area contributed by atoms with Gasteiger partial charge in [-0.15, -0.1) is 0 Å². The number of nitrogens with one attached hydrogen (secondary N) is 1. The van der Waals surface area contributed by atoms with Crippen LogP contribution in [0.25, 0.3) is 0 Å². The van der Waals surface area contributed by atoms with E-state index in [1.807, 2.05) is 6.07 Å². The highest BCUT2D eigenvalue weighted by atomic mass is 19.1. The van der Waals surface area contributed by atoms with Gasteiger partial charge in [-0.3, -0.25) is 0 Å². The third-order valence-electron chi connectivity index (χ3n) is 3.78. The Morgan fingerprint density at radius 3 is 2.50 bits per heavy atom. The molecule has 0 spiro atoms. The quantitative estimate of drug-likeness (QED) is 0.775. The fraction of sp³-hybridized carbons (Fsp3) is 0.600. The van der Waals surface area contributed by atoms with Gasteiger partial charge in [0, 0.05) is 12.1 Å². The van der Waals surface area contributed by atoms with Gasteiger partial charge in [0.15, 0.2) is 0 Å². The molecule has 1 aromatic rings. The molecule has 2 atom stereocenters. The van der Waals surface area contributed by atoms with Crippen LogP contribution in [0.4, 0.5) is 10.1 Å². The Kier molecular flexibility index (Phi) is 5.60. The van der Waals surface area contributed by atoms with Gasteiger partial charge in [-0.1, -0.05) is 39.3 Å². The van der Waals surface area contributed by atoms with Crippen molar-refractivity contribution in [2.45, 2.75) is 45.6 Å². The van der Waals surface area contributed by atoms with Crippen LogP contribution in [-0.2, 0) is 0 Å². The van der Waals surface area contributed by atoms with E-state index in [9.17, 15) is 4.39 Å². The Morgan fingerprint density at radius 2 is 2.00 bits per heavy atom. The second-order valence-electron chi connectivity index (χ2n) is 5.16. The molecule has 0 fully saturated rings. The first-order valence-electron chi connectivity index (χ1n) is 6.79. The summed E-state index contributed by atoms with van der Waals surface area (Å²) in [6.07, 6.45) is 2.97. The smallest absolute Gasteiger partial charge is 0.146 e. The lowest BCUT2D eigenvalue weighted by Gasteiger charge is -2.36. The molecule has 0 bridgehead atoms. The van der Waals surface area contributed by atoms with Crippen LogP contribution in [-0.4, -0.2) is 12.1 Å². The van der Waals surface area contributed by atoms with Gasteiger partial charge in [-0.2, -0.15) is 0 Å². The highest BCUT2D eigenvalue weighted by Crippen LogP contribution is 2.27. The maximum atomic E-state index is 13.7. The molecule has 0 saturated heterocycles. The molecule has 0 heterocycles. The molecule has 18 heavy (non-hydrogen) atoms. The van der Waals surface area contributed by atoms with Crippen LogP contribution in [0.1, 0.15) is 40.0 Å². The number of nitrogens with two attached hydrogens (primary N) is 1. The van der Waals surface area contributed by atoms with Gasteiger partial charge in [-0.25, -0.2) is 4.39 Å². The minimum Gasteiger partial charge on any atom is -0.376 e. The van der Waals surface area contributed by atoms with Crippen molar-refractivity contribution in [3.05, 3.63) is 30.1 Å². The highest BCUT2D eigenvalue weighted by Gasteiger charge is 2.28. The lowest BCUT2D eigenvalue weighted by Crippen LogP contribution is -2.46. The van der Waals surface area contributed by atoms with Crippen molar-refractivity contribution in [2.75, 3.05) is 11.9 Å². The van der Waals surface area contributed by atoms with Gasteiger partial charge in [-0.05, 0) is 30.9 Å². The summed E-state index contributed by atoms with van der Waals surface area (Å²) in [5.74, 6) is 0.362. The second-order valence-corrected chi connectivity index (χ2v) is 5.16. The average molecular weight is 252 g/mol. The number of hydrogen-bond donors (Lipinski definition) is 2. The van der Waals surface area contributed by atoms with E-state index in [0.717, 1.165) is 19.3 Å². The van der Waals surface area contributed by atoms with E-state index >= 15 is 0 Å². The summed E-state index contributed by atoms with van der Waals surface area (Å²) in [5.41, 5.74) is 6.27. The van der Waals surface area contributed by atoms with Gasteiger partial charge in [0.05, 0.1) is 5.69 Å². The predicted molar refractivity (Wildman–Crippen MR) is 76.2 cm³/mol. The maximum absolute atomic E-state index is 13.7. The van der Waals surface area contributed by atoms with Crippen LogP contribution >= 0.6 is 0 Å². The number of halogens is 1. The van der Waals surface area contributed by atoms with Crippen molar-refractivity contribution in [3.63, 3.8) is 0 Å². The molecule has 0 aliphatic heterocycles. The topological polar surface area (TPSA) is 38.0 Å². The lowest BCUT2D eigenvalue weighted by molar-refractivity contribution is 0.345. The molecule has 0 aliphatic carbocycles. The highest BCUT2D eigenvalue weighted by molar-refractivity contribution is 5.47. The van der Waals surface area contributed by atoms with E-state index in [2.05, 4.69) is 26.1 Å². The van der Waals surface area contributed by atoms with Gasteiger partial charge in [0.25, 0.3) is 0 Å². The summed E-state index contributed by atoms with van der Waals surface area (Å²) >= 11 is 0. The largest absolute Gasteiger partial charge is 0.376 e. The van der Waals surface area contributed by atoms with E-state index in [-0.39, 0.29) is 11.4 Å². The zero-order chi connectivity index (χ0) is 13.6. The summed E-state index contributed by atoms with van der Waals surface area (Å²) in [6, 6.07) is 6.78. The Bertz CT molecular complexity index is 361. The van der Waals surface area contributed by atoms with Crippen molar-refractivity contribution in [3.8, 4) is 0 Å². The lowest BCUT2D eigenvalue weighted by atomic mass is 9.84. The normalized spacial score (nSPS) is 16.1. The van der Waals surface area contributed by atoms with Crippen LogP contribution < -0.4 is 11.1 Å². The monoisotopic (exact) mass is 252 g/mol. The van der Waals surface area contributed by atoms with Crippen molar-refractivity contribution in [1.29, 1.82) is 0 Å². The zero-order valence-corrected chi connectivity index (χ0v) is 11.7. The molecule has 0 aliphatic rings. The number of benzene rings is 1. The Labute approximate surface area is 110 Å². The second kappa shape index (κ2) is 6.74. The van der Waals surface area contributed by atoms with Crippen LogP contribution in [0.5, 0.6) is 0 Å². The first-order valence-corrected chi connectivity index (χ1v) is 6.79. The minimum atomic E-state index is -0.215. The van der Waals surface area contributed by atoms with E-state index in [1.165, 1.54) is 6.07 Å². The SMILES string of the molecule is CCC(C)CC(CC)(CN)Nc1ccccc1F. The number of rotatable bonds is 7. The molecule has 0 aromatic heterocycles. The molecule has 3 N–H and O–H groups in total. The van der Waals surface area contributed by atoms with Gasteiger partial charge in [0.1, 0.15) is 5.82 Å². The van der Waals surface area contributed by atoms with E-state index in [4.69, 9.17) is 5.73 Å². The standard InChI is InChI=1S/C15H25FN2/c1-4-12(3)10-15(5-2,11-17)18-14-9-7-6-8-13(14)16/h6-9,12,18H,4-5,10-11,17H2,1-3H3. The molecule has 0 amide bonds. The van der Waals surface area contributed by atoms with Gasteiger partial charge in [0.2, 0.25) is 0 Å². The fourth-order valence-corrected chi connectivity index (χ4v) is 2.22. The summed E-state index contributed by atoms with van der Waals surface area (Å²) < 4.78 is 13.7. The van der Waals surface area contributed by atoms with Crippen LogP contribution in [0.2, 0.25) is 0 Å². The third-order valence-corrected chi connectivity index (χ3v) is 3.78. The molecular formula is C15H25FN2. The van der Waals surface area contributed by atoms with Crippen molar-refractivity contribution < 1.29 is 4.39 Å². The Balaban J connectivity index is 2.88. The third kappa shape index (κ3) is 3.70. The Hall–Kier alpha value is -1.09. The predicted octanol–water partition coefficient (Wildman–Crippen LogP) is 3.78. The van der Waals surface area contributed by atoms with Crippen LogP contribution in [0, 0.1) is 11.7 Å². The molecular weight excluding hydrogens is 227 g/mol. The van der Waals surface area contributed by atoms with Crippen LogP contribution in [0.15, 0.2) is 24.3 Å². The molecule has 3 heteroatoms. The number of para-hydroxylation sites is 1. The molecule has 1 aromatic carbocycles. The van der Waals surface area contributed by atoms with Crippen LogP contribution in [0.3, 0.4) is 0 Å². The molecule has 0 saturated carbocycles. The van der Waals surface area contributed by atoms with Gasteiger partial charge < -0.3 is 11.1 Å². The summed E-state index contributed by atoms with van der Waals surface area (Å²) in [6.45, 7) is 7.00. The first-order chi connectivity index (χ1) is 8.56. The molecule has 0 radical (unpaired) electrons. The average Bonchev–Trinajstić information content (AvgIpc) is 2.40. The molecule has 102 valence electrons. The summed E-state index contributed by atoms with van der Waals surface area (Å²) in [7, 11) is 0. The molecule has 1 rings (SSSR count). The van der Waals surface area contributed by atoms with Crippen molar-refractivity contribution >= 4 is 5.69 Å². The molecule has 2 unspecified atom stereocenters. The Morgan fingerprint density at radius 1 is 1.33 bits per heavy atom. The van der Waals surface area contributed by atoms with E-state index in [1.54, 1.807) is 12.1 Å². The summed E-state index contributed by atoms with van der Waals surface area (Å²) in [5, 5.41) is 3.33. The molecule has 2 nitrogen and oxygen atoms in total. The minimum absolute atomic E-state index is 0.211. The first kappa shape index (κ1) is 15.0. The maximum Gasteiger partial charge on any atom is 0.146 e. The van der Waals surface area contributed by atoms with E-state index in [0.29, 0.717) is 18.2 Å². The zero-order valence-electron chi connectivity index (χ0n) is 11.7. The number of hydrogen-bond acceptors (Lipinski definition) is 2. The van der Waals surface area contributed by atoms with Crippen molar-refractivity contribution in [2.24, 2.45) is 11.7 Å². The van der Waals surface area contributed by atoms with Crippen molar-refractivity contribution in [1.82, 2.24) is 0 Å². The van der Waals surface area contributed by atoms with E-state index < -0.39 is 0 Å². The van der Waals surface area contributed by atoms with Gasteiger partial charge >= 0.3 is 0 Å². The number of anilines is 1. The summed E-state index contributed by atoms with van der Waals surface area (Å²) in [4.78, 5) is 0. The fourth-order valence-electron chi connectivity index (χ4n) is 2.22.